The maximum absolute atomic E-state index is 15.4. The van der Waals surface area contributed by atoms with Gasteiger partial charge in [0.1, 0.15) is 5.82 Å². The molecule has 0 spiro atoms. The number of hydrogen-bond acceptors (Lipinski definition) is 3. The van der Waals surface area contributed by atoms with E-state index >= 15 is 4.39 Å². The number of nitrogens with two attached hydrogens (primary N) is 1. The lowest BCUT2D eigenvalue weighted by atomic mass is 10.0. The van der Waals surface area contributed by atoms with Gasteiger partial charge in [-0.15, -0.1) is 0 Å². The van der Waals surface area contributed by atoms with E-state index in [0.717, 1.165) is 6.07 Å². The van der Waals surface area contributed by atoms with Gasteiger partial charge >= 0.3 is 0 Å². The van der Waals surface area contributed by atoms with Crippen LogP contribution in [0, 0.1) is 11.6 Å². The van der Waals surface area contributed by atoms with Gasteiger partial charge in [-0.2, -0.15) is 0 Å². The Kier molecular flexibility index (Phi) is 4.88. The minimum absolute atomic E-state index is 0.0334. The summed E-state index contributed by atoms with van der Waals surface area (Å²) in [5.41, 5.74) is 0.0694. The van der Waals surface area contributed by atoms with Crippen molar-refractivity contribution < 1.29 is 17.2 Å². The third kappa shape index (κ3) is 3.26. The zero-order chi connectivity index (χ0) is 19.9. The van der Waals surface area contributed by atoms with E-state index in [4.69, 9.17) is 5.14 Å². The molecule has 0 atom stereocenters. The maximum Gasteiger partial charge on any atom is 0.238 e. The fraction of sp³-hybridized carbons (Fsp3) is 0.211. The quantitative estimate of drug-likeness (QED) is 0.740. The molecule has 3 aromatic rings. The Morgan fingerprint density at radius 2 is 1.70 bits per heavy atom. The first-order chi connectivity index (χ1) is 12.7. The predicted octanol–water partition coefficient (Wildman–Crippen LogP) is 3.18. The summed E-state index contributed by atoms with van der Waals surface area (Å²) in [5.74, 6) is -1.75. The molecule has 2 N–H and O–H groups in total. The molecule has 0 radical (unpaired) electrons. The lowest BCUT2D eigenvalue weighted by Crippen LogP contribution is -2.15. The Morgan fingerprint density at radius 1 is 1.07 bits per heavy atom. The fourth-order valence-electron chi connectivity index (χ4n) is 3.24. The number of halogens is 2. The second-order valence-electron chi connectivity index (χ2n) is 6.11. The Balaban J connectivity index is 2.36. The number of sulfonamides is 1. The summed E-state index contributed by atoms with van der Waals surface area (Å²) in [4.78, 5) is 12.1. The molecule has 27 heavy (non-hydrogen) atoms. The van der Waals surface area contributed by atoms with Crippen molar-refractivity contribution in [3.8, 4) is 11.1 Å². The highest BCUT2D eigenvalue weighted by Crippen LogP contribution is 2.32. The Labute approximate surface area is 155 Å². The molecule has 0 amide bonds. The molecule has 0 saturated carbocycles. The predicted molar refractivity (Wildman–Crippen MR) is 100.0 cm³/mol. The average Bonchev–Trinajstić information content (AvgIpc) is 2.61. The summed E-state index contributed by atoms with van der Waals surface area (Å²) in [5, 5.41) is 5.02. The SMILES string of the molecule is CCc1cc(=O)c2cc(F)c(-c3ccc(S(N)(=O)=O)cc3)c(F)c2n1CC. The van der Waals surface area contributed by atoms with E-state index in [-0.39, 0.29) is 26.9 Å². The topological polar surface area (TPSA) is 82.2 Å². The summed E-state index contributed by atoms with van der Waals surface area (Å²) in [6.07, 6.45) is 0.522. The lowest BCUT2D eigenvalue weighted by Gasteiger charge is -2.17. The van der Waals surface area contributed by atoms with Gasteiger partial charge in [0.15, 0.2) is 11.2 Å². The van der Waals surface area contributed by atoms with Gasteiger partial charge in [-0.3, -0.25) is 4.79 Å². The molecule has 1 aromatic heterocycles. The number of benzene rings is 2. The molecule has 0 unspecified atom stereocenters. The van der Waals surface area contributed by atoms with Crippen LogP contribution in [-0.2, 0) is 23.0 Å². The molecule has 3 rings (SSSR count). The summed E-state index contributed by atoms with van der Waals surface area (Å²) < 4.78 is 54.4. The molecule has 1 heterocycles. The molecule has 0 aliphatic carbocycles. The fourth-order valence-corrected chi connectivity index (χ4v) is 3.76. The van der Waals surface area contributed by atoms with Gasteiger partial charge in [-0.1, -0.05) is 19.1 Å². The van der Waals surface area contributed by atoms with Crippen molar-refractivity contribution in [1.82, 2.24) is 4.57 Å². The number of hydrogen-bond donors (Lipinski definition) is 1. The van der Waals surface area contributed by atoms with Crippen molar-refractivity contribution in [1.29, 1.82) is 0 Å². The maximum atomic E-state index is 15.4. The standard InChI is InChI=1S/C19H18F2N2O3S/c1-3-12-9-16(24)14-10-15(20)17(18(21)19(14)23(12)4-2)11-5-7-13(8-6-11)27(22,25)26/h5-10H,3-4H2,1-2H3,(H2,22,25,26). The van der Waals surface area contributed by atoms with Gasteiger partial charge in [0.25, 0.3) is 0 Å². The number of aromatic nitrogens is 1. The minimum atomic E-state index is -3.91. The molecule has 0 saturated heterocycles. The highest BCUT2D eigenvalue weighted by atomic mass is 32.2. The van der Waals surface area contributed by atoms with Crippen LogP contribution < -0.4 is 10.6 Å². The van der Waals surface area contributed by atoms with Crippen LogP contribution in [0.15, 0.2) is 46.1 Å². The zero-order valence-electron chi connectivity index (χ0n) is 14.8. The number of rotatable bonds is 4. The summed E-state index contributed by atoms with van der Waals surface area (Å²) >= 11 is 0. The van der Waals surface area contributed by atoms with E-state index in [2.05, 4.69) is 0 Å². The van der Waals surface area contributed by atoms with Crippen LogP contribution in [0.4, 0.5) is 8.78 Å². The summed E-state index contributed by atoms with van der Waals surface area (Å²) in [7, 11) is -3.91. The second-order valence-corrected chi connectivity index (χ2v) is 7.67. The van der Waals surface area contributed by atoms with E-state index in [1.807, 2.05) is 13.8 Å². The Morgan fingerprint density at radius 3 is 2.22 bits per heavy atom. The highest BCUT2D eigenvalue weighted by Gasteiger charge is 2.21. The van der Waals surface area contributed by atoms with Crippen molar-refractivity contribution in [3.63, 3.8) is 0 Å². The number of fused-ring (bicyclic) bond motifs is 1. The average molecular weight is 392 g/mol. The van der Waals surface area contributed by atoms with E-state index in [0.29, 0.717) is 18.7 Å². The number of primary sulfonamides is 1. The molecule has 0 aliphatic rings. The minimum Gasteiger partial charge on any atom is -0.342 e. The molecule has 0 fully saturated rings. The molecule has 2 aromatic carbocycles. The van der Waals surface area contributed by atoms with Crippen LogP contribution in [0.3, 0.4) is 0 Å². The van der Waals surface area contributed by atoms with Crippen molar-refractivity contribution in [2.75, 3.05) is 0 Å². The first-order valence-electron chi connectivity index (χ1n) is 8.36. The smallest absolute Gasteiger partial charge is 0.238 e. The van der Waals surface area contributed by atoms with Gasteiger partial charge in [-0.05, 0) is 37.1 Å². The monoisotopic (exact) mass is 392 g/mol. The van der Waals surface area contributed by atoms with E-state index in [1.165, 1.54) is 30.3 Å². The van der Waals surface area contributed by atoms with Crippen molar-refractivity contribution in [2.24, 2.45) is 5.14 Å². The molecule has 0 aliphatic heterocycles. The Hall–Kier alpha value is -2.58. The van der Waals surface area contributed by atoms with Crippen LogP contribution in [0.2, 0.25) is 0 Å². The van der Waals surface area contributed by atoms with E-state index in [9.17, 15) is 17.6 Å². The molecular weight excluding hydrogens is 374 g/mol. The number of nitrogens with zero attached hydrogens (tertiary/aromatic N) is 1. The third-order valence-corrected chi connectivity index (χ3v) is 5.45. The van der Waals surface area contributed by atoms with Crippen molar-refractivity contribution >= 4 is 20.9 Å². The van der Waals surface area contributed by atoms with E-state index in [1.54, 1.807) is 4.57 Å². The van der Waals surface area contributed by atoms with Gasteiger partial charge in [-0.25, -0.2) is 22.3 Å². The molecule has 5 nitrogen and oxygen atoms in total. The van der Waals surface area contributed by atoms with Gasteiger partial charge in [0.2, 0.25) is 10.0 Å². The van der Waals surface area contributed by atoms with Gasteiger partial charge in [0.05, 0.1) is 21.4 Å². The Bertz CT molecular complexity index is 1200. The summed E-state index contributed by atoms with van der Waals surface area (Å²) in [6.45, 7) is 4.07. The van der Waals surface area contributed by atoms with Crippen molar-refractivity contribution in [3.05, 3.63) is 63.9 Å². The molecule has 8 heteroatoms. The summed E-state index contributed by atoms with van der Waals surface area (Å²) in [6, 6.07) is 7.35. The van der Waals surface area contributed by atoms with Crippen LogP contribution in [0.25, 0.3) is 22.0 Å². The van der Waals surface area contributed by atoms with Gasteiger partial charge < -0.3 is 4.57 Å². The number of aryl methyl sites for hydroxylation is 2. The molecular formula is C19H18F2N2O3S. The second kappa shape index (κ2) is 6.86. The molecule has 142 valence electrons. The third-order valence-electron chi connectivity index (χ3n) is 4.52. The normalized spacial score (nSPS) is 11.9. The van der Waals surface area contributed by atoms with Crippen LogP contribution >= 0.6 is 0 Å². The van der Waals surface area contributed by atoms with Crippen molar-refractivity contribution in [2.45, 2.75) is 31.7 Å². The first kappa shape index (κ1) is 19.2. The zero-order valence-corrected chi connectivity index (χ0v) is 15.6. The van der Waals surface area contributed by atoms with Gasteiger partial charge in [0, 0.05) is 18.3 Å². The van der Waals surface area contributed by atoms with Crippen LogP contribution in [0.5, 0.6) is 0 Å². The molecule has 0 bridgehead atoms. The largest absolute Gasteiger partial charge is 0.342 e. The van der Waals surface area contributed by atoms with Crippen LogP contribution in [-0.4, -0.2) is 13.0 Å². The lowest BCUT2D eigenvalue weighted by molar-refractivity contribution is 0.588. The first-order valence-corrected chi connectivity index (χ1v) is 9.91. The van der Waals surface area contributed by atoms with Crippen LogP contribution in [0.1, 0.15) is 19.5 Å². The van der Waals surface area contributed by atoms with E-state index < -0.39 is 27.1 Å². The number of pyridine rings is 1. The highest BCUT2D eigenvalue weighted by molar-refractivity contribution is 7.89.